The van der Waals surface area contributed by atoms with E-state index in [1.54, 1.807) is 12.4 Å². The van der Waals surface area contributed by atoms with Gasteiger partial charge in [-0.25, -0.2) is 4.98 Å². The zero-order valence-corrected chi connectivity index (χ0v) is 8.80. The van der Waals surface area contributed by atoms with Gasteiger partial charge in [0.2, 0.25) is 0 Å². The molecule has 0 bridgehead atoms. The van der Waals surface area contributed by atoms with Gasteiger partial charge in [-0.15, -0.1) is 0 Å². The van der Waals surface area contributed by atoms with Crippen LogP contribution in [-0.4, -0.2) is 40.7 Å². The van der Waals surface area contributed by atoms with Crippen LogP contribution >= 0.6 is 0 Å². The maximum absolute atomic E-state index is 12.2. The van der Waals surface area contributed by atoms with Gasteiger partial charge in [0.25, 0.3) is 0 Å². The molecular formula is C10H14F3N3. The van der Waals surface area contributed by atoms with Gasteiger partial charge in [-0.1, -0.05) is 0 Å². The first-order valence-corrected chi connectivity index (χ1v) is 5.33. The van der Waals surface area contributed by atoms with E-state index in [0.29, 0.717) is 13.1 Å². The first kappa shape index (κ1) is 11.4. The van der Waals surface area contributed by atoms with E-state index in [2.05, 4.69) is 9.97 Å². The van der Waals surface area contributed by atoms with E-state index in [-0.39, 0.29) is 5.92 Å². The first-order valence-electron chi connectivity index (χ1n) is 5.33. The van der Waals surface area contributed by atoms with Crippen molar-refractivity contribution in [1.29, 1.82) is 0 Å². The predicted molar refractivity (Wildman–Crippen MR) is 53.1 cm³/mol. The summed E-state index contributed by atoms with van der Waals surface area (Å²) in [5.41, 5.74) is 0. The zero-order valence-electron chi connectivity index (χ0n) is 8.80. The van der Waals surface area contributed by atoms with Crippen LogP contribution in [0.1, 0.15) is 24.6 Å². The van der Waals surface area contributed by atoms with Gasteiger partial charge in [-0.2, -0.15) is 13.2 Å². The molecule has 0 aliphatic carbocycles. The van der Waals surface area contributed by atoms with Crippen molar-refractivity contribution in [3.05, 3.63) is 18.2 Å². The standard InChI is InChI=1S/C10H14F3N3/c11-10(12,13)7-16-5-1-8(2-6-16)9-14-3-4-15-9/h3-4,8H,1-2,5-7H2,(H,14,15). The second-order valence-corrected chi connectivity index (χ2v) is 4.14. The maximum Gasteiger partial charge on any atom is 0.401 e. The highest BCUT2D eigenvalue weighted by Crippen LogP contribution is 2.27. The Kier molecular flexibility index (Phi) is 3.18. The number of halogens is 3. The van der Waals surface area contributed by atoms with E-state index in [4.69, 9.17) is 0 Å². The van der Waals surface area contributed by atoms with Crippen molar-refractivity contribution < 1.29 is 13.2 Å². The molecule has 3 nitrogen and oxygen atoms in total. The van der Waals surface area contributed by atoms with Gasteiger partial charge in [0, 0.05) is 18.3 Å². The number of nitrogens with one attached hydrogen (secondary N) is 1. The van der Waals surface area contributed by atoms with E-state index in [0.717, 1.165) is 18.7 Å². The van der Waals surface area contributed by atoms with Crippen LogP contribution in [0.2, 0.25) is 0 Å². The number of piperidine rings is 1. The molecular weight excluding hydrogens is 219 g/mol. The molecule has 1 saturated heterocycles. The minimum atomic E-state index is -4.09. The number of H-pyrrole nitrogens is 1. The Morgan fingerprint density at radius 1 is 1.38 bits per heavy atom. The largest absolute Gasteiger partial charge is 0.401 e. The summed E-state index contributed by atoms with van der Waals surface area (Å²) in [6.07, 6.45) is 0.819. The molecule has 0 aromatic carbocycles. The molecule has 2 heterocycles. The van der Waals surface area contributed by atoms with Gasteiger partial charge in [-0.3, -0.25) is 4.90 Å². The number of hydrogen-bond donors (Lipinski definition) is 1. The van der Waals surface area contributed by atoms with Crippen molar-refractivity contribution in [3.8, 4) is 0 Å². The minimum Gasteiger partial charge on any atom is -0.348 e. The summed E-state index contributed by atoms with van der Waals surface area (Å²) in [5, 5.41) is 0. The molecule has 0 spiro atoms. The van der Waals surface area contributed by atoms with Crippen molar-refractivity contribution in [2.45, 2.75) is 24.9 Å². The average molecular weight is 233 g/mol. The molecule has 1 fully saturated rings. The lowest BCUT2D eigenvalue weighted by atomic mass is 9.96. The van der Waals surface area contributed by atoms with Crippen LogP contribution in [-0.2, 0) is 0 Å². The van der Waals surface area contributed by atoms with Crippen LogP contribution in [0.15, 0.2) is 12.4 Å². The third-order valence-corrected chi connectivity index (χ3v) is 2.90. The summed E-state index contributed by atoms with van der Waals surface area (Å²) in [6.45, 7) is 0.188. The lowest BCUT2D eigenvalue weighted by Gasteiger charge is -2.31. The number of nitrogens with zero attached hydrogens (tertiary/aromatic N) is 2. The molecule has 0 unspecified atom stereocenters. The van der Waals surface area contributed by atoms with Crippen LogP contribution in [0, 0.1) is 0 Å². The Morgan fingerprint density at radius 2 is 2.06 bits per heavy atom. The predicted octanol–water partition coefficient (Wildman–Crippen LogP) is 2.15. The SMILES string of the molecule is FC(F)(F)CN1CCC(c2ncc[nH]2)CC1. The third-order valence-electron chi connectivity index (χ3n) is 2.90. The maximum atomic E-state index is 12.2. The molecule has 1 N–H and O–H groups in total. The molecule has 16 heavy (non-hydrogen) atoms. The van der Waals surface area contributed by atoms with E-state index in [1.807, 2.05) is 0 Å². The number of aromatic amines is 1. The van der Waals surface area contributed by atoms with Gasteiger partial charge in [0.1, 0.15) is 5.82 Å². The van der Waals surface area contributed by atoms with Gasteiger partial charge in [-0.05, 0) is 25.9 Å². The number of rotatable bonds is 2. The normalized spacial score (nSPS) is 20.2. The lowest BCUT2D eigenvalue weighted by Crippen LogP contribution is -2.39. The molecule has 0 amide bonds. The molecule has 1 aliphatic rings. The molecule has 1 aromatic heterocycles. The average Bonchev–Trinajstić information content (AvgIpc) is 2.69. The summed E-state index contributed by atoms with van der Waals surface area (Å²) in [6, 6.07) is 0. The molecule has 1 aliphatic heterocycles. The van der Waals surface area contributed by atoms with E-state index < -0.39 is 12.7 Å². The van der Waals surface area contributed by atoms with Gasteiger partial charge < -0.3 is 4.98 Å². The highest BCUT2D eigenvalue weighted by atomic mass is 19.4. The van der Waals surface area contributed by atoms with Crippen molar-refractivity contribution in [3.63, 3.8) is 0 Å². The monoisotopic (exact) mass is 233 g/mol. The Morgan fingerprint density at radius 3 is 2.56 bits per heavy atom. The number of aromatic nitrogens is 2. The van der Waals surface area contributed by atoms with Gasteiger partial charge in [0.05, 0.1) is 6.54 Å². The van der Waals surface area contributed by atoms with E-state index >= 15 is 0 Å². The van der Waals surface area contributed by atoms with E-state index in [1.165, 1.54) is 4.90 Å². The smallest absolute Gasteiger partial charge is 0.348 e. The second kappa shape index (κ2) is 4.45. The van der Waals surface area contributed by atoms with Crippen LogP contribution in [0.4, 0.5) is 13.2 Å². The zero-order chi connectivity index (χ0) is 11.6. The molecule has 90 valence electrons. The number of alkyl halides is 3. The second-order valence-electron chi connectivity index (χ2n) is 4.14. The Labute approximate surface area is 91.7 Å². The highest BCUT2D eigenvalue weighted by molar-refractivity contribution is 4.99. The molecule has 1 aromatic rings. The summed E-state index contributed by atoms with van der Waals surface area (Å²) in [7, 11) is 0. The Balaban J connectivity index is 1.83. The van der Waals surface area contributed by atoms with Crippen molar-refractivity contribution in [2.24, 2.45) is 0 Å². The molecule has 6 heteroatoms. The molecule has 0 atom stereocenters. The molecule has 0 saturated carbocycles. The van der Waals surface area contributed by atoms with Crippen molar-refractivity contribution >= 4 is 0 Å². The van der Waals surface area contributed by atoms with E-state index in [9.17, 15) is 13.2 Å². The third kappa shape index (κ3) is 2.98. The molecule has 0 radical (unpaired) electrons. The first-order chi connectivity index (χ1) is 7.54. The highest BCUT2D eigenvalue weighted by Gasteiger charge is 2.33. The van der Waals surface area contributed by atoms with Gasteiger partial charge in [0.15, 0.2) is 0 Å². The number of hydrogen-bond acceptors (Lipinski definition) is 2. The number of likely N-dealkylation sites (tertiary alicyclic amines) is 1. The summed E-state index contributed by atoms with van der Waals surface area (Å²) < 4.78 is 36.5. The Hall–Kier alpha value is -1.04. The fraction of sp³-hybridized carbons (Fsp3) is 0.700. The minimum absolute atomic E-state index is 0.277. The summed E-state index contributed by atoms with van der Waals surface area (Å²) >= 11 is 0. The van der Waals surface area contributed by atoms with Crippen LogP contribution in [0.3, 0.4) is 0 Å². The van der Waals surface area contributed by atoms with Gasteiger partial charge >= 0.3 is 6.18 Å². The van der Waals surface area contributed by atoms with Crippen molar-refractivity contribution in [1.82, 2.24) is 14.9 Å². The Bertz CT molecular complexity index is 313. The van der Waals surface area contributed by atoms with Crippen molar-refractivity contribution in [2.75, 3.05) is 19.6 Å². The molecule has 2 rings (SSSR count). The fourth-order valence-corrected chi connectivity index (χ4v) is 2.12. The van der Waals surface area contributed by atoms with Crippen LogP contribution < -0.4 is 0 Å². The topological polar surface area (TPSA) is 31.9 Å². The fourth-order valence-electron chi connectivity index (χ4n) is 2.12. The summed E-state index contributed by atoms with van der Waals surface area (Å²) in [4.78, 5) is 8.62. The quantitative estimate of drug-likeness (QED) is 0.848. The summed E-state index contributed by atoms with van der Waals surface area (Å²) in [5.74, 6) is 1.17. The van der Waals surface area contributed by atoms with Crippen LogP contribution in [0.5, 0.6) is 0 Å². The lowest BCUT2D eigenvalue weighted by molar-refractivity contribution is -0.148. The number of imidazole rings is 1. The van der Waals surface area contributed by atoms with Crippen LogP contribution in [0.25, 0.3) is 0 Å².